The van der Waals surface area contributed by atoms with Crippen molar-refractivity contribution in [3.8, 4) is 0 Å². The minimum Gasteiger partial charge on any atom is -0.445 e. The summed E-state index contributed by atoms with van der Waals surface area (Å²) >= 11 is 0. The van der Waals surface area contributed by atoms with Crippen LogP contribution < -0.4 is 0 Å². The Morgan fingerprint density at radius 2 is 1.41 bits per heavy atom. The maximum atomic E-state index is 13.3. The molecule has 7 heteroatoms. The average Bonchev–Trinajstić information content (AvgIpc) is 3.80. The maximum absolute atomic E-state index is 13.3. The summed E-state index contributed by atoms with van der Waals surface area (Å²) in [6, 6.07) is 30.9. The first-order chi connectivity index (χ1) is 21.0. The van der Waals surface area contributed by atoms with Crippen LogP contribution in [0.1, 0.15) is 65.9 Å². The SMILES string of the molecule is CN(C(=O)c1ccccc1)C1CC(CN2CCC(N(CC3CC3)C(=O)OCc3ccccc3)CC2)C(c2ccccc2)C1.Cl. The quantitative estimate of drug-likeness (QED) is 0.241. The lowest BCUT2D eigenvalue weighted by Crippen LogP contribution is -2.49. The van der Waals surface area contributed by atoms with Crippen LogP contribution in [0, 0.1) is 11.8 Å². The molecule has 3 aromatic carbocycles. The van der Waals surface area contributed by atoms with Gasteiger partial charge in [0.15, 0.2) is 0 Å². The number of rotatable bonds is 10. The second kappa shape index (κ2) is 15.1. The van der Waals surface area contributed by atoms with Crippen LogP contribution in [-0.4, -0.2) is 72.0 Å². The van der Waals surface area contributed by atoms with Gasteiger partial charge < -0.3 is 19.4 Å². The molecule has 0 bridgehead atoms. The van der Waals surface area contributed by atoms with Crippen molar-refractivity contribution in [2.75, 3.05) is 33.2 Å². The first kappa shape index (κ1) is 32.1. The largest absolute Gasteiger partial charge is 0.445 e. The van der Waals surface area contributed by atoms with E-state index in [0.29, 0.717) is 24.4 Å². The smallest absolute Gasteiger partial charge is 0.410 e. The van der Waals surface area contributed by atoms with Gasteiger partial charge in [0, 0.05) is 50.9 Å². The van der Waals surface area contributed by atoms with Crippen LogP contribution in [0.2, 0.25) is 0 Å². The van der Waals surface area contributed by atoms with Crippen LogP contribution in [0.3, 0.4) is 0 Å². The highest BCUT2D eigenvalue weighted by molar-refractivity contribution is 5.94. The molecule has 3 unspecified atom stereocenters. The number of carbonyl (C=O) groups is 2. The van der Waals surface area contributed by atoms with E-state index in [1.165, 1.54) is 18.4 Å². The topological polar surface area (TPSA) is 53.1 Å². The molecule has 0 aromatic heterocycles. The lowest BCUT2D eigenvalue weighted by molar-refractivity contribution is 0.0552. The van der Waals surface area contributed by atoms with Crippen LogP contribution in [0.15, 0.2) is 91.0 Å². The van der Waals surface area contributed by atoms with Gasteiger partial charge in [-0.05, 0) is 79.5 Å². The van der Waals surface area contributed by atoms with Gasteiger partial charge >= 0.3 is 6.09 Å². The van der Waals surface area contributed by atoms with Gasteiger partial charge in [0.25, 0.3) is 5.91 Å². The predicted molar refractivity (Wildman–Crippen MR) is 177 cm³/mol. The Morgan fingerprint density at radius 3 is 2.05 bits per heavy atom. The van der Waals surface area contributed by atoms with Crippen LogP contribution in [-0.2, 0) is 11.3 Å². The molecule has 2 saturated carbocycles. The fourth-order valence-corrected chi connectivity index (χ4v) is 7.17. The highest BCUT2D eigenvalue weighted by Crippen LogP contribution is 2.43. The lowest BCUT2D eigenvalue weighted by Gasteiger charge is -2.39. The fourth-order valence-electron chi connectivity index (χ4n) is 7.17. The van der Waals surface area contributed by atoms with Crippen molar-refractivity contribution in [1.29, 1.82) is 0 Å². The van der Waals surface area contributed by atoms with Crippen molar-refractivity contribution in [2.45, 2.75) is 63.1 Å². The minimum absolute atomic E-state index is 0. The molecule has 234 valence electrons. The molecule has 6 rings (SSSR count). The molecule has 1 saturated heterocycles. The predicted octanol–water partition coefficient (Wildman–Crippen LogP) is 7.26. The first-order valence-corrected chi connectivity index (χ1v) is 16.1. The van der Waals surface area contributed by atoms with E-state index in [1.54, 1.807) is 0 Å². The molecule has 3 fully saturated rings. The van der Waals surface area contributed by atoms with E-state index >= 15 is 0 Å². The summed E-state index contributed by atoms with van der Waals surface area (Å²) in [5, 5.41) is 0. The third kappa shape index (κ3) is 8.02. The third-order valence-corrected chi connectivity index (χ3v) is 9.87. The fraction of sp³-hybridized carbons (Fsp3) is 0.459. The van der Waals surface area contributed by atoms with Gasteiger partial charge in [0.1, 0.15) is 6.61 Å². The second-order valence-corrected chi connectivity index (χ2v) is 12.9. The van der Waals surface area contributed by atoms with Crippen LogP contribution >= 0.6 is 12.4 Å². The van der Waals surface area contributed by atoms with Gasteiger partial charge in [-0.2, -0.15) is 0 Å². The summed E-state index contributed by atoms with van der Waals surface area (Å²) in [5.41, 5.74) is 3.16. The number of amides is 2. The number of hydrogen-bond donors (Lipinski definition) is 0. The normalized spacial score (nSPS) is 22.2. The molecule has 6 nitrogen and oxygen atoms in total. The van der Waals surface area contributed by atoms with E-state index in [0.717, 1.165) is 63.0 Å². The molecule has 0 spiro atoms. The summed E-state index contributed by atoms with van der Waals surface area (Å²) in [7, 11) is 1.97. The number of likely N-dealkylation sites (tertiary alicyclic amines) is 1. The number of piperidine rings is 1. The average molecular weight is 616 g/mol. The van der Waals surface area contributed by atoms with Crippen LogP contribution in [0.4, 0.5) is 4.79 Å². The zero-order valence-electron chi connectivity index (χ0n) is 25.8. The summed E-state index contributed by atoms with van der Waals surface area (Å²) in [6.45, 7) is 4.14. The third-order valence-electron chi connectivity index (χ3n) is 9.87. The number of hydrogen-bond acceptors (Lipinski definition) is 4. The van der Waals surface area contributed by atoms with Gasteiger partial charge in [-0.1, -0.05) is 78.9 Å². The number of ether oxygens (including phenoxy) is 1. The summed E-state index contributed by atoms with van der Waals surface area (Å²) < 4.78 is 5.80. The van der Waals surface area contributed by atoms with Crippen molar-refractivity contribution in [2.24, 2.45) is 11.8 Å². The molecule has 0 radical (unpaired) electrons. The first-order valence-electron chi connectivity index (χ1n) is 16.1. The van der Waals surface area contributed by atoms with Gasteiger partial charge in [-0.15, -0.1) is 12.4 Å². The van der Waals surface area contributed by atoms with E-state index in [-0.39, 0.29) is 36.5 Å². The maximum Gasteiger partial charge on any atom is 0.410 e. The lowest BCUT2D eigenvalue weighted by atomic mass is 9.88. The summed E-state index contributed by atoms with van der Waals surface area (Å²) in [5.74, 6) is 1.64. The molecule has 3 atom stereocenters. The molecule has 2 aliphatic carbocycles. The van der Waals surface area contributed by atoms with E-state index in [2.05, 4.69) is 35.2 Å². The van der Waals surface area contributed by atoms with E-state index in [9.17, 15) is 9.59 Å². The van der Waals surface area contributed by atoms with Gasteiger partial charge in [0.2, 0.25) is 0 Å². The van der Waals surface area contributed by atoms with Crippen molar-refractivity contribution < 1.29 is 14.3 Å². The van der Waals surface area contributed by atoms with Gasteiger partial charge in [-0.3, -0.25) is 4.79 Å². The van der Waals surface area contributed by atoms with Crippen molar-refractivity contribution in [3.05, 3.63) is 108 Å². The van der Waals surface area contributed by atoms with Crippen LogP contribution in [0.5, 0.6) is 0 Å². The Kier molecular flexibility index (Phi) is 11.0. The molecule has 0 N–H and O–H groups in total. The summed E-state index contributed by atoms with van der Waals surface area (Å²) in [4.78, 5) is 33.2. The molecule has 3 aliphatic rings. The van der Waals surface area contributed by atoms with Gasteiger partial charge in [-0.25, -0.2) is 4.79 Å². The van der Waals surface area contributed by atoms with Crippen molar-refractivity contribution in [1.82, 2.24) is 14.7 Å². The number of benzene rings is 3. The molecular formula is C37H46ClN3O3. The Morgan fingerprint density at radius 1 is 0.795 bits per heavy atom. The van der Waals surface area contributed by atoms with Crippen molar-refractivity contribution in [3.63, 3.8) is 0 Å². The second-order valence-electron chi connectivity index (χ2n) is 12.9. The molecule has 3 aromatic rings. The van der Waals surface area contributed by atoms with Crippen LogP contribution in [0.25, 0.3) is 0 Å². The minimum atomic E-state index is -0.164. The molecular weight excluding hydrogens is 570 g/mol. The number of carbonyl (C=O) groups excluding carboxylic acids is 2. The Hall–Kier alpha value is -3.35. The zero-order chi connectivity index (χ0) is 29.6. The molecule has 1 heterocycles. The van der Waals surface area contributed by atoms with Gasteiger partial charge in [0.05, 0.1) is 0 Å². The number of nitrogens with zero attached hydrogens (tertiary/aromatic N) is 3. The molecule has 1 aliphatic heterocycles. The highest BCUT2D eigenvalue weighted by atomic mass is 35.5. The monoisotopic (exact) mass is 615 g/mol. The summed E-state index contributed by atoms with van der Waals surface area (Å²) in [6.07, 6.45) is 6.22. The van der Waals surface area contributed by atoms with E-state index in [4.69, 9.17) is 4.74 Å². The zero-order valence-corrected chi connectivity index (χ0v) is 26.6. The number of halogens is 1. The van der Waals surface area contributed by atoms with E-state index < -0.39 is 0 Å². The standard InChI is InChI=1S/C37H45N3O3.ClH/c1-38(36(41)31-15-9-4-10-16-31)34-23-32(35(24-34)30-13-7-3-8-14-30)26-39-21-19-33(20-22-39)40(25-28-17-18-28)37(42)43-27-29-11-5-2-6-12-29;/h2-16,28,32-35H,17-27H2,1H3;1H. The Bertz CT molecular complexity index is 1330. The Balaban J connectivity index is 0.00000384. The molecule has 2 amide bonds. The van der Waals surface area contributed by atoms with Crippen molar-refractivity contribution >= 4 is 24.4 Å². The Labute approximate surface area is 268 Å². The van der Waals surface area contributed by atoms with E-state index in [1.807, 2.05) is 77.5 Å². The molecule has 44 heavy (non-hydrogen) atoms. The highest BCUT2D eigenvalue weighted by Gasteiger charge is 2.40.